The first kappa shape index (κ1) is 20.0. The Morgan fingerprint density at radius 1 is 1.35 bits per heavy atom. The third-order valence-corrected chi connectivity index (χ3v) is 4.14. The molecule has 1 saturated heterocycles. The van der Waals surface area contributed by atoms with Crippen LogP contribution in [-0.2, 0) is 17.5 Å². The van der Waals surface area contributed by atoms with Crippen LogP contribution >= 0.6 is 0 Å². The van der Waals surface area contributed by atoms with Crippen LogP contribution in [0.25, 0.3) is 5.70 Å². The predicted octanol–water partition coefficient (Wildman–Crippen LogP) is 1.76. The molecule has 0 atom stereocenters. The number of allylic oxidation sites excluding steroid dienone is 1. The molecule has 1 aliphatic heterocycles. The lowest BCUT2D eigenvalue weighted by atomic mass is 9.97. The molecule has 1 aromatic heterocycles. The van der Waals surface area contributed by atoms with Crippen LogP contribution in [0.15, 0.2) is 25.4 Å². The Bertz CT molecular complexity index is 647. The van der Waals surface area contributed by atoms with Crippen molar-refractivity contribution >= 4 is 11.6 Å². The number of rotatable bonds is 8. The lowest BCUT2D eigenvalue weighted by molar-refractivity contribution is -0.141. The second kappa shape index (κ2) is 8.88. The Hall–Kier alpha value is -2.29. The molecule has 0 spiro atoms. The number of halogens is 3. The van der Waals surface area contributed by atoms with Crippen LogP contribution in [-0.4, -0.2) is 41.9 Å². The van der Waals surface area contributed by atoms with E-state index in [4.69, 9.17) is 0 Å². The minimum atomic E-state index is -4.57. The summed E-state index contributed by atoms with van der Waals surface area (Å²) >= 11 is 0. The molecule has 1 amide bonds. The van der Waals surface area contributed by atoms with E-state index in [0.717, 1.165) is 30.6 Å². The summed E-state index contributed by atoms with van der Waals surface area (Å²) in [5.74, 6) is -0.0258. The molecular formula is C17H24F3N5O. The summed E-state index contributed by atoms with van der Waals surface area (Å²) < 4.78 is 40.6. The summed E-state index contributed by atoms with van der Waals surface area (Å²) in [6.07, 6.45) is -0.237. The number of piperidine rings is 1. The number of carbonyl (C=O) groups is 1. The van der Waals surface area contributed by atoms with Crippen LogP contribution in [0.3, 0.4) is 0 Å². The summed E-state index contributed by atoms with van der Waals surface area (Å²) in [5.41, 5.74) is -0.983. The molecule has 0 aromatic carbocycles. The number of amides is 1. The fourth-order valence-corrected chi connectivity index (χ4v) is 2.80. The molecule has 3 N–H and O–H groups in total. The minimum Gasteiger partial charge on any atom is -0.383 e. The highest BCUT2D eigenvalue weighted by Crippen LogP contribution is 2.32. The molecule has 0 unspecified atom stereocenters. The van der Waals surface area contributed by atoms with Gasteiger partial charge in [-0.1, -0.05) is 12.7 Å². The van der Waals surface area contributed by atoms with Crippen molar-refractivity contribution in [3.63, 3.8) is 0 Å². The molecule has 2 rings (SSSR count). The largest absolute Gasteiger partial charge is 0.435 e. The van der Waals surface area contributed by atoms with E-state index in [2.05, 4.69) is 34.2 Å². The van der Waals surface area contributed by atoms with Crippen molar-refractivity contribution < 1.29 is 18.0 Å². The molecule has 9 heteroatoms. The second-order valence-electron chi connectivity index (χ2n) is 6.12. The number of alkyl halides is 3. The van der Waals surface area contributed by atoms with Gasteiger partial charge in [-0.3, -0.25) is 9.48 Å². The molecule has 1 aliphatic rings. The summed E-state index contributed by atoms with van der Waals surface area (Å²) in [6.45, 7) is 9.56. The lowest BCUT2D eigenvalue weighted by Crippen LogP contribution is -2.40. The average Bonchev–Trinajstić information content (AvgIpc) is 3.04. The molecule has 0 saturated carbocycles. The highest BCUT2D eigenvalue weighted by Gasteiger charge is 2.37. The van der Waals surface area contributed by atoms with Crippen LogP contribution in [0.2, 0.25) is 0 Å². The highest BCUT2D eigenvalue weighted by molar-refractivity contribution is 5.78. The van der Waals surface area contributed by atoms with Crippen LogP contribution < -0.4 is 16.0 Å². The van der Waals surface area contributed by atoms with Gasteiger partial charge in [-0.05, 0) is 25.9 Å². The maximum Gasteiger partial charge on any atom is 0.435 e. The van der Waals surface area contributed by atoms with Crippen molar-refractivity contribution in [2.24, 2.45) is 5.92 Å². The molecule has 144 valence electrons. The molecule has 2 heterocycles. The van der Waals surface area contributed by atoms with Gasteiger partial charge in [-0.15, -0.1) is 6.58 Å². The van der Waals surface area contributed by atoms with Crippen molar-refractivity contribution in [1.29, 1.82) is 0 Å². The van der Waals surface area contributed by atoms with E-state index < -0.39 is 11.9 Å². The van der Waals surface area contributed by atoms with E-state index in [9.17, 15) is 18.0 Å². The van der Waals surface area contributed by atoms with E-state index in [0.29, 0.717) is 6.54 Å². The normalized spacial score (nSPS) is 15.5. The molecule has 6 nitrogen and oxygen atoms in total. The molecule has 0 bridgehead atoms. The Labute approximate surface area is 150 Å². The number of nitrogens with one attached hydrogen (secondary N) is 3. The van der Waals surface area contributed by atoms with Gasteiger partial charge in [0.2, 0.25) is 5.91 Å². The molecular weight excluding hydrogens is 347 g/mol. The van der Waals surface area contributed by atoms with Crippen molar-refractivity contribution in [3.05, 3.63) is 36.7 Å². The number of carbonyl (C=O) groups excluding carboxylic acids is 1. The van der Waals surface area contributed by atoms with Crippen LogP contribution in [0, 0.1) is 5.92 Å². The smallest absolute Gasteiger partial charge is 0.383 e. The maximum absolute atomic E-state index is 13.1. The summed E-state index contributed by atoms with van der Waals surface area (Å²) in [7, 11) is 0. The van der Waals surface area contributed by atoms with Gasteiger partial charge < -0.3 is 16.0 Å². The predicted molar refractivity (Wildman–Crippen MR) is 93.1 cm³/mol. The van der Waals surface area contributed by atoms with Gasteiger partial charge in [-0.25, -0.2) is 0 Å². The van der Waals surface area contributed by atoms with E-state index >= 15 is 0 Å². The van der Waals surface area contributed by atoms with Crippen molar-refractivity contribution in [2.75, 3.05) is 26.2 Å². The van der Waals surface area contributed by atoms with Gasteiger partial charge in [0.1, 0.15) is 0 Å². The topological polar surface area (TPSA) is 71.0 Å². The monoisotopic (exact) mass is 371 g/mol. The number of aromatic nitrogens is 2. The molecule has 0 radical (unpaired) electrons. The number of hydrogen-bond acceptors (Lipinski definition) is 4. The minimum absolute atomic E-state index is 0.00609. The first-order chi connectivity index (χ1) is 12.3. The van der Waals surface area contributed by atoms with Crippen molar-refractivity contribution in [2.45, 2.75) is 25.6 Å². The summed E-state index contributed by atoms with van der Waals surface area (Å²) in [6, 6.07) is 0. The molecule has 26 heavy (non-hydrogen) atoms. The third-order valence-electron chi connectivity index (χ3n) is 4.14. The molecule has 1 fully saturated rings. The average molecular weight is 371 g/mol. The van der Waals surface area contributed by atoms with E-state index in [1.807, 2.05) is 0 Å². The first-order valence-corrected chi connectivity index (χ1v) is 8.50. The van der Waals surface area contributed by atoms with E-state index in [-0.39, 0.29) is 36.2 Å². The number of nitrogens with zero attached hydrogens (tertiary/aromatic N) is 2. The Balaban J connectivity index is 1.87. The zero-order chi connectivity index (χ0) is 19.2. The Kier molecular flexibility index (Phi) is 6.84. The first-order valence-electron chi connectivity index (χ1n) is 8.50. The van der Waals surface area contributed by atoms with Gasteiger partial charge in [0.15, 0.2) is 5.69 Å². The van der Waals surface area contributed by atoms with Gasteiger partial charge in [0.05, 0.1) is 6.54 Å². The van der Waals surface area contributed by atoms with Crippen LogP contribution in [0.5, 0.6) is 0 Å². The number of hydrogen-bond donors (Lipinski definition) is 3. The summed E-state index contributed by atoms with van der Waals surface area (Å²) in [5, 5.41) is 12.4. The Morgan fingerprint density at radius 2 is 2.00 bits per heavy atom. The Morgan fingerprint density at radius 3 is 2.62 bits per heavy atom. The van der Waals surface area contributed by atoms with Crippen molar-refractivity contribution in [3.8, 4) is 0 Å². The van der Waals surface area contributed by atoms with Gasteiger partial charge in [0, 0.05) is 36.5 Å². The zero-order valence-corrected chi connectivity index (χ0v) is 14.5. The lowest BCUT2D eigenvalue weighted by Gasteiger charge is -2.21. The quantitative estimate of drug-likeness (QED) is 0.481. The van der Waals surface area contributed by atoms with Crippen LogP contribution in [0.4, 0.5) is 13.2 Å². The fourth-order valence-electron chi connectivity index (χ4n) is 2.80. The SMILES string of the molecule is C=CCn1cc(C(=C)NCCNC(=O)C2CCNCC2)c(C(F)(F)F)n1. The highest BCUT2D eigenvalue weighted by atomic mass is 19.4. The van der Waals surface area contributed by atoms with Crippen LogP contribution in [0.1, 0.15) is 24.1 Å². The molecule has 1 aromatic rings. The fraction of sp³-hybridized carbons (Fsp3) is 0.529. The van der Waals surface area contributed by atoms with Crippen molar-refractivity contribution in [1.82, 2.24) is 25.7 Å². The third kappa shape index (κ3) is 5.35. The zero-order valence-electron chi connectivity index (χ0n) is 14.5. The molecule has 0 aliphatic carbocycles. The standard InChI is InChI=1S/C17H24F3N5O/c1-3-10-25-11-14(15(24-25)17(18,19)20)12(2)22-8-9-23-16(26)13-4-6-21-7-5-13/h3,11,13,21-22H,1-2,4-10H2,(H,23,26). The van der Waals surface area contributed by atoms with Gasteiger partial charge in [0.25, 0.3) is 0 Å². The second-order valence-corrected chi connectivity index (χ2v) is 6.12. The van der Waals surface area contributed by atoms with Gasteiger partial charge in [-0.2, -0.15) is 18.3 Å². The maximum atomic E-state index is 13.1. The van der Waals surface area contributed by atoms with E-state index in [1.54, 1.807) is 0 Å². The van der Waals surface area contributed by atoms with E-state index in [1.165, 1.54) is 12.3 Å². The summed E-state index contributed by atoms with van der Waals surface area (Å²) in [4.78, 5) is 12.0. The van der Waals surface area contributed by atoms with Gasteiger partial charge >= 0.3 is 6.18 Å².